The van der Waals surface area contributed by atoms with Crippen LogP contribution in [0.15, 0.2) is 78.9 Å². The summed E-state index contributed by atoms with van der Waals surface area (Å²) in [6.45, 7) is 7.75. The molecule has 50 heavy (non-hydrogen) atoms. The third kappa shape index (κ3) is 10.5. The van der Waals surface area contributed by atoms with E-state index in [1.54, 1.807) is 18.7 Å². The zero-order valence-electron chi connectivity index (χ0n) is 29.1. The number of ether oxygens (including phenoxy) is 3. The predicted molar refractivity (Wildman–Crippen MR) is 189 cm³/mol. The van der Waals surface area contributed by atoms with E-state index in [4.69, 9.17) is 14.2 Å². The van der Waals surface area contributed by atoms with Gasteiger partial charge in [0.2, 0.25) is 5.91 Å². The van der Waals surface area contributed by atoms with E-state index in [2.05, 4.69) is 10.2 Å². The molecule has 1 aliphatic heterocycles. The molecule has 0 bridgehead atoms. The van der Waals surface area contributed by atoms with Crippen LogP contribution in [-0.2, 0) is 33.7 Å². The monoisotopic (exact) mass is 689 g/mol. The molecule has 0 saturated carbocycles. The van der Waals surface area contributed by atoms with Crippen LogP contribution in [0.25, 0.3) is 0 Å². The number of aliphatic hydroxyl groups is 3. The number of benzene rings is 3. The number of aliphatic hydroxyl groups excluding tert-OH is 3. The minimum absolute atomic E-state index is 0.0144. The molecule has 3 aromatic rings. The second-order valence-corrected chi connectivity index (χ2v) is 13.7. The molecule has 11 nitrogen and oxygen atoms in total. The summed E-state index contributed by atoms with van der Waals surface area (Å²) in [5, 5.41) is 35.0. The van der Waals surface area contributed by atoms with E-state index in [0.717, 1.165) is 60.9 Å². The van der Waals surface area contributed by atoms with Crippen LogP contribution in [0.5, 0.6) is 5.75 Å². The highest BCUT2D eigenvalue weighted by Gasteiger charge is 2.38. The van der Waals surface area contributed by atoms with Crippen molar-refractivity contribution in [3.8, 4) is 5.75 Å². The molecule has 0 aromatic heterocycles. The first-order valence-electron chi connectivity index (χ1n) is 17.5. The topological polar surface area (TPSA) is 141 Å². The van der Waals surface area contributed by atoms with Crippen molar-refractivity contribution in [3.05, 3.63) is 101 Å². The number of carbonyl (C=O) groups excluding carboxylic acids is 2. The van der Waals surface area contributed by atoms with Crippen molar-refractivity contribution in [3.63, 3.8) is 0 Å². The second kappa shape index (κ2) is 17.8. The normalized spacial score (nSPS) is 18.9. The molecule has 2 aliphatic rings. The van der Waals surface area contributed by atoms with E-state index in [9.17, 15) is 24.9 Å². The average Bonchev–Trinajstić information content (AvgIpc) is 3.45. The quantitative estimate of drug-likeness (QED) is 0.178. The number of nitrogens with zero attached hydrogens (tertiary/aromatic N) is 2. The molecule has 0 radical (unpaired) electrons. The number of hydrogen-bond acceptors (Lipinski definition) is 9. The van der Waals surface area contributed by atoms with Gasteiger partial charge in [0, 0.05) is 39.0 Å². The number of morpholine rings is 1. The Morgan fingerprint density at radius 1 is 1.00 bits per heavy atom. The third-order valence-electron chi connectivity index (χ3n) is 9.35. The molecular formula is C39H51N3O8. The summed E-state index contributed by atoms with van der Waals surface area (Å²) in [7, 11) is 0. The minimum atomic E-state index is -1.10. The molecule has 0 spiro atoms. The van der Waals surface area contributed by atoms with E-state index < -0.39 is 36.0 Å². The Labute approximate surface area is 294 Å². The van der Waals surface area contributed by atoms with Crippen LogP contribution in [0, 0.1) is 0 Å². The summed E-state index contributed by atoms with van der Waals surface area (Å²) in [6, 6.07) is 23.6. The number of rotatable bonds is 16. The lowest BCUT2D eigenvalue weighted by molar-refractivity contribution is -0.137. The highest BCUT2D eigenvalue weighted by molar-refractivity contribution is 5.77. The molecule has 270 valence electrons. The summed E-state index contributed by atoms with van der Waals surface area (Å²) in [6.07, 6.45) is -1.82. The Balaban J connectivity index is 1.27. The third-order valence-corrected chi connectivity index (χ3v) is 9.35. The summed E-state index contributed by atoms with van der Waals surface area (Å²) < 4.78 is 16.8. The zero-order valence-corrected chi connectivity index (χ0v) is 29.1. The lowest BCUT2D eigenvalue weighted by atomic mass is 9.97. The van der Waals surface area contributed by atoms with Gasteiger partial charge in [-0.05, 0) is 61.1 Å². The van der Waals surface area contributed by atoms with Crippen molar-refractivity contribution >= 4 is 12.0 Å². The van der Waals surface area contributed by atoms with Crippen molar-refractivity contribution in [1.82, 2.24) is 15.1 Å². The fourth-order valence-corrected chi connectivity index (χ4v) is 6.51. The molecule has 1 aliphatic carbocycles. The SMILES string of the molecule is CC(C)(CO)OC(=O)N[C@@H](Cc1ccccc1)[C@@H](O)CCC(=O)N(Cc1ccc(OCCN2CCOCC2)cc1)[C@H]1c2ccccc2C[C@H]1O. The first-order valence-corrected chi connectivity index (χ1v) is 17.5. The van der Waals surface area contributed by atoms with E-state index in [0.29, 0.717) is 19.4 Å². The number of amides is 2. The molecule has 1 heterocycles. The van der Waals surface area contributed by atoms with Gasteiger partial charge in [-0.25, -0.2) is 4.79 Å². The van der Waals surface area contributed by atoms with E-state index in [1.165, 1.54) is 0 Å². The standard InChI is InChI=1S/C39H51N3O8/c1-39(2,27-43)50-38(47)40-33(24-28-8-4-3-5-9-28)34(44)16-17-36(46)42(37-32-11-7-6-10-30(32)25-35(37)45)26-29-12-14-31(15-13-29)49-23-20-41-18-21-48-22-19-41/h3-15,33-35,37,43-45H,16-27H2,1-2H3,(H,40,47)/t33-,34-,35+,37-/m0/s1. The number of alkyl carbamates (subject to hydrolysis) is 1. The van der Waals surface area contributed by atoms with Gasteiger partial charge >= 0.3 is 6.09 Å². The molecule has 4 atom stereocenters. The molecule has 2 amide bonds. The van der Waals surface area contributed by atoms with Gasteiger partial charge in [-0.15, -0.1) is 0 Å². The summed E-state index contributed by atoms with van der Waals surface area (Å²) >= 11 is 0. The highest BCUT2D eigenvalue weighted by atomic mass is 16.6. The van der Waals surface area contributed by atoms with Gasteiger partial charge in [0.15, 0.2) is 0 Å². The average molecular weight is 690 g/mol. The van der Waals surface area contributed by atoms with Crippen LogP contribution in [0.1, 0.15) is 55.0 Å². The first kappa shape index (κ1) is 37.3. The Hall–Kier alpha value is -4.00. The molecule has 11 heteroatoms. The van der Waals surface area contributed by atoms with Gasteiger partial charge in [-0.2, -0.15) is 0 Å². The highest BCUT2D eigenvalue weighted by Crippen LogP contribution is 2.37. The van der Waals surface area contributed by atoms with E-state index >= 15 is 0 Å². The summed E-state index contributed by atoms with van der Waals surface area (Å²) in [4.78, 5) is 30.9. The van der Waals surface area contributed by atoms with Crippen molar-refractivity contribution in [2.45, 2.75) is 76.0 Å². The lowest BCUT2D eigenvalue weighted by Gasteiger charge is -2.33. The number of hydrogen-bond donors (Lipinski definition) is 4. The van der Waals surface area contributed by atoms with Crippen LogP contribution in [0.2, 0.25) is 0 Å². The first-order chi connectivity index (χ1) is 24.1. The van der Waals surface area contributed by atoms with Crippen molar-refractivity contribution < 1.29 is 39.1 Å². The molecule has 1 fully saturated rings. The molecule has 5 rings (SSSR count). The van der Waals surface area contributed by atoms with Crippen LogP contribution >= 0.6 is 0 Å². The van der Waals surface area contributed by atoms with E-state index in [-0.39, 0.29) is 31.9 Å². The van der Waals surface area contributed by atoms with Crippen molar-refractivity contribution in [2.75, 3.05) is 46.1 Å². The maximum Gasteiger partial charge on any atom is 0.408 e. The Kier molecular flexibility index (Phi) is 13.2. The maximum absolute atomic E-state index is 14.1. The largest absolute Gasteiger partial charge is 0.492 e. The predicted octanol–water partition coefficient (Wildman–Crippen LogP) is 3.63. The lowest BCUT2D eigenvalue weighted by Crippen LogP contribution is -2.48. The fraction of sp³-hybridized carbons (Fsp3) is 0.487. The molecular weight excluding hydrogens is 638 g/mol. The van der Waals surface area contributed by atoms with Crippen LogP contribution in [0.3, 0.4) is 0 Å². The van der Waals surface area contributed by atoms with Crippen molar-refractivity contribution in [1.29, 1.82) is 0 Å². The Morgan fingerprint density at radius 2 is 1.70 bits per heavy atom. The molecule has 1 saturated heterocycles. The van der Waals surface area contributed by atoms with E-state index in [1.807, 2.05) is 78.9 Å². The smallest absolute Gasteiger partial charge is 0.408 e. The van der Waals surface area contributed by atoms with Crippen LogP contribution in [0.4, 0.5) is 4.79 Å². The van der Waals surface area contributed by atoms with Crippen molar-refractivity contribution in [2.24, 2.45) is 0 Å². The van der Waals surface area contributed by atoms with Gasteiger partial charge in [0.25, 0.3) is 0 Å². The zero-order chi connectivity index (χ0) is 35.5. The second-order valence-electron chi connectivity index (χ2n) is 13.7. The Morgan fingerprint density at radius 3 is 2.42 bits per heavy atom. The summed E-state index contributed by atoms with van der Waals surface area (Å²) in [5.41, 5.74) is 2.59. The number of nitrogens with one attached hydrogen (secondary N) is 1. The maximum atomic E-state index is 14.1. The number of fused-ring (bicyclic) bond motifs is 1. The number of carbonyl (C=O) groups is 2. The van der Waals surface area contributed by atoms with Crippen LogP contribution in [-0.4, -0.2) is 107 Å². The fourth-order valence-electron chi connectivity index (χ4n) is 6.51. The minimum Gasteiger partial charge on any atom is -0.492 e. The van der Waals surface area contributed by atoms with Gasteiger partial charge in [-0.1, -0.05) is 66.7 Å². The van der Waals surface area contributed by atoms with Gasteiger partial charge in [0.05, 0.1) is 44.1 Å². The molecule has 0 unspecified atom stereocenters. The summed E-state index contributed by atoms with van der Waals surface area (Å²) in [5.74, 6) is 0.519. The molecule has 4 N–H and O–H groups in total. The molecule has 3 aromatic carbocycles. The van der Waals surface area contributed by atoms with Crippen LogP contribution < -0.4 is 10.1 Å². The Bertz CT molecular complexity index is 1510. The van der Waals surface area contributed by atoms with Gasteiger partial charge in [0.1, 0.15) is 18.0 Å². The van der Waals surface area contributed by atoms with Gasteiger partial charge in [-0.3, -0.25) is 9.69 Å². The van der Waals surface area contributed by atoms with Gasteiger partial charge < -0.3 is 39.7 Å².